The summed E-state index contributed by atoms with van der Waals surface area (Å²) >= 11 is 0. The number of hydrogen-bond acceptors (Lipinski definition) is 3. The van der Waals surface area contributed by atoms with E-state index in [0.29, 0.717) is 17.7 Å². The minimum Gasteiger partial charge on any atom is -0.507 e. The Balaban J connectivity index is 3.19. The fraction of sp³-hybridized carbons (Fsp3) is 0.316. The highest BCUT2D eigenvalue weighted by Crippen LogP contribution is 2.32. The average molecular weight is 300 g/mol. The van der Waals surface area contributed by atoms with Gasteiger partial charge in [-0.1, -0.05) is 29.4 Å². The molecule has 0 fully saturated rings. The Bertz CT molecular complexity index is 626. The molecule has 0 aliphatic carbocycles. The lowest BCUT2D eigenvalue weighted by Crippen LogP contribution is -2.00. The summed E-state index contributed by atoms with van der Waals surface area (Å²) < 4.78 is 5.28. The molecule has 1 N–H and O–H groups in total. The van der Waals surface area contributed by atoms with Crippen LogP contribution in [-0.4, -0.2) is 18.0 Å². The van der Waals surface area contributed by atoms with Crippen LogP contribution in [0.5, 0.6) is 11.5 Å². The van der Waals surface area contributed by atoms with Gasteiger partial charge < -0.3 is 9.84 Å². The van der Waals surface area contributed by atoms with E-state index in [0.717, 1.165) is 11.1 Å². The number of ketones is 1. The Morgan fingerprint density at radius 2 is 1.86 bits per heavy atom. The summed E-state index contributed by atoms with van der Waals surface area (Å²) in [6.07, 6.45) is 7.51. The van der Waals surface area contributed by atoms with Crippen molar-refractivity contribution < 1.29 is 14.6 Å². The number of benzene rings is 1. The van der Waals surface area contributed by atoms with Crippen molar-refractivity contribution in [2.75, 3.05) is 7.11 Å². The van der Waals surface area contributed by atoms with Gasteiger partial charge in [-0.2, -0.15) is 0 Å². The van der Waals surface area contributed by atoms with Crippen molar-refractivity contribution in [1.29, 1.82) is 0 Å². The predicted octanol–water partition coefficient (Wildman–Crippen LogP) is 4.61. The van der Waals surface area contributed by atoms with Gasteiger partial charge in [0.05, 0.1) is 12.7 Å². The zero-order valence-corrected chi connectivity index (χ0v) is 13.9. The zero-order chi connectivity index (χ0) is 16.7. The smallest absolute Gasteiger partial charge is 0.189 e. The normalized spacial score (nSPS) is 10.4. The second kappa shape index (κ2) is 8.23. The van der Waals surface area contributed by atoms with Crippen LogP contribution in [0.3, 0.4) is 0 Å². The summed E-state index contributed by atoms with van der Waals surface area (Å²) in [6.45, 7) is 7.88. The van der Waals surface area contributed by atoms with E-state index in [1.165, 1.54) is 6.08 Å². The molecule has 1 rings (SSSR count). The van der Waals surface area contributed by atoms with Crippen molar-refractivity contribution in [3.8, 4) is 11.5 Å². The Kier molecular flexibility index (Phi) is 6.64. The number of rotatable bonds is 6. The molecule has 0 aromatic heterocycles. The van der Waals surface area contributed by atoms with Crippen molar-refractivity contribution in [2.24, 2.45) is 0 Å². The molecular weight excluding hydrogens is 276 g/mol. The lowest BCUT2D eigenvalue weighted by atomic mass is 10.0. The minimum absolute atomic E-state index is 0.0105. The fourth-order valence-corrected chi connectivity index (χ4v) is 1.93. The quantitative estimate of drug-likeness (QED) is 0.361. The first-order valence-electron chi connectivity index (χ1n) is 7.25. The third-order valence-corrected chi connectivity index (χ3v) is 3.12. The average Bonchev–Trinajstić information content (AvgIpc) is 2.44. The van der Waals surface area contributed by atoms with Crippen LogP contribution in [0.1, 0.15) is 43.6 Å². The molecule has 118 valence electrons. The Labute approximate surface area is 132 Å². The van der Waals surface area contributed by atoms with Crippen LogP contribution in [0, 0.1) is 0 Å². The van der Waals surface area contributed by atoms with Gasteiger partial charge >= 0.3 is 0 Å². The molecule has 3 heteroatoms. The van der Waals surface area contributed by atoms with Gasteiger partial charge in [-0.3, -0.25) is 4.79 Å². The van der Waals surface area contributed by atoms with Gasteiger partial charge in [0.1, 0.15) is 11.5 Å². The molecule has 0 saturated heterocycles. The van der Waals surface area contributed by atoms with E-state index in [1.54, 1.807) is 25.3 Å². The standard InChI is InChI=1S/C19H24O3/c1-13(2)7-6-8-17(20)15-11-12-18(22-5)16(19(15)21)10-9-14(3)4/h6-9,11-12,21H,10H2,1-5H3. The largest absolute Gasteiger partial charge is 0.507 e. The first-order valence-corrected chi connectivity index (χ1v) is 7.25. The number of methoxy groups -OCH3 is 1. The molecule has 3 nitrogen and oxygen atoms in total. The van der Waals surface area contributed by atoms with Crippen LogP contribution in [0.25, 0.3) is 0 Å². The minimum atomic E-state index is -0.226. The molecule has 0 heterocycles. The van der Waals surface area contributed by atoms with Gasteiger partial charge in [-0.15, -0.1) is 0 Å². The van der Waals surface area contributed by atoms with Gasteiger partial charge in [0.2, 0.25) is 0 Å². The number of phenolic OH excluding ortho intramolecular Hbond substituents is 1. The molecule has 0 radical (unpaired) electrons. The van der Waals surface area contributed by atoms with Crippen LogP contribution in [0.2, 0.25) is 0 Å². The number of aromatic hydroxyl groups is 1. The second-order valence-electron chi connectivity index (χ2n) is 5.60. The first-order chi connectivity index (χ1) is 10.4. The number of hydrogen-bond donors (Lipinski definition) is 1. The summed E-state index contributed by atoms with van der Waals surface area (Å²) in [7, 11) is 1.55. The summed E-state index contributed by atoms with van der Waals surface area (Å²) in [5, 5.41) is 10.4. The lowest BCUT2D eigenvalue weighted by Gasteiger charge is -2.11. The molecule has 0 bridgehead atoms. The van der Waals surface area contributed by atoms with E-state index in [4.69, 9.17) is 4.74 Å². The second-order valence-corrected chi connectivity index (χ2v) is 5.60. The molecule has 1 aromatic carbocycles. The number of ether oxygens (including phenoxy) is 1. The summed E-state index contributed by atoms with van der Waals surface area (Å²) in [6, 6.07) is 3.31. The third kappa shape index (κ3) is 4.92. The molecule has 0 atom stereocenters. The van der Waals surface area contributed by atoms with Crippen molar-refractivity contribution in [3.05, 3.63) is 58.7 Å². The molecule has 0 saturated carbocycles. The number of carbonyl (C=O) groups excluding carboxylic acids is 1. The summed E-state index contributed by atoms with van der Waals surface area (Å²) in [5.41, 5.74) is 3.16. The van der Waals surface area contributed by atoms with Crippen LogP contribution in [0.4, 0.5) is 0 Å². The van der Waals surface area contributed by atoms with Crippen molar-refractivity contribution >= 4 is 5.78 Å². The molecule has 22 heavy (non-hydrogen) atoms. The lowest BCUT2D eigenvalue weighted by molar-refractivity contribution is 0.104. The van der Waals surface area contributed by atoms with Gasteiger partial charge in [0, 0.05) is 5.56 Å². The summed E-state index contributed by atoms with van der Waals surface area (Å²) in [4.78, 5) is 12.2. The monoisotopic (exact) mass is 300 g/mol. The Hall–Kier alpha value is -2.29. The van der Waals surface area contributed by atoms with Crippen molar-refractivity contribution in [2.45, 2.75) is 34.1 Å². The molecule has 0 aliphatic heterocycles. The molecular formula is C19H24O3. The maximum absolute atomic E-state index is 12.2. The first kappa shape index (κ1) is 17.8. The van der Waals surface area contributed by atoms with E-state index in [9.17, 15) is 9.90 Å². The maximum atomic E-state index is 12.2. The molecule has 1 aromatic rings. The van der Waals surface area contributed by atoms with E-state index < -0.39 is 0 Å². The molecule has 0 aliphatic rings. The van der Waals surface area contributed by atoms with Crippen molar-refractivity contribution in [3.63, 3.8) is 0 Å². The Morgan fingerprint density at radius 3 is 2.41 bits per heavy atom. The molecule has 0 unspecified atom stereocenters. The van der Waals surface area contributed by atoms with Gasteiger partial charge in [0.25, 0.3) is 0 Å². The van der Waals surface area contributed by atoms with E-state index in [2.05, 4.69) is 0 Å². The third-order valence-electron chi connectivity index (χ3n) is 3.12. The molecule has 0 amide bonds. The fourth-order valence-electron chi connectivity index (χ4n) is 1.93. The topological polar surface area (TPSA) is 46.5 Å². The van der Waals surface area contributed by atoms with E-state index in [1.807, 2.05) is 39.8 Å². The van der Waals surface area contributed by atoms with E-state index in [-0.39, 0.29) is 17.1 Å². The van der Waals surface area contributed by atoms with Gasteiger partial charge in [0.15, 0.2) is 5.78 Å². The highest BCUT2D eigenvalue weighted by atomic mass is 16.5. The number of phenols is 1. The SMILES string of the molecule is COc1ccc(C(=O)C=CC=C(C)C)c(O)c1CC=C(C)C. The Morgan fingerprint density at radius 1 is 1.18 bits per heavy atom. The maximum Gasteiger partial charge on any atom is 0.189 e. The zero-order valence-electron chi connectivity index (χ0n) is 13.9. The van der Waals surface area contributed by atoms with Gasteiger partial charge in [-0.05, 0) is 52.3 Å². The summed E-state index contributed by atoms with van der Waals surface area (Å²) in [5.74, 6) is 0.347. The highest BCUT2D eigenvalue weighted by molar-refractivity contribution is 6.07. The highest BCUT2D eigenvalue weighted by Gasteiger charge is 2.16. The van der Waals surface area contributed by atoms with Crippen molar-refractivity contribution in [1.82, 2.24) is 0 Å². The van der Waals surface area contributed by atoms with Crippen LogP contribution >= 0.6 is 0 Å². The number of carbonyl (C=O) groups is 1. The van der Waals surface area contributed by atoms with Gasteiger partial charge in [-0.25, -0.2) is 0 Å². The van der Waals surface area contributed by atoms with E-state index >= 15 is 0 Å². The predicted molar refractivity (Wildman–Crippen MR) is 90.7 cm³/mol. The molecule has 0 spiro atoms. The van der Waals surface area contributed by atoms with Crippen LogP contribution in [0.15, 0.2) is 47.6 Å². The van der Waals surface area contributed by atoms with Crippen LogP contribution < -0.4 is 4.74 Å². The van der Waals surface area contributed by atoms with Crippen LogP contribution in [-0.2, 0) is 6.42 Å². The number of allylic oxidation sites excluding steroid dienone is 6.